The molecule has 14 nitrogen and oxygen atoms in total. The van der Waals surface area contributed by atoms with Crippen molar-refractivity contribution in [3.8, 4) is 0 Å². The summed E-state index contributed by atoms with van der Waals surface area (Å²) in [5, 5.41) is 22.5. The molecule has 14 heteroatoms. The third-order valence-electron chi connectivity index (χ3n) is 9.07. The predicted molar refractivity (Wildman–Crippen MR) is 168 cm³/mol. The molecule has 4 saturated heterocycles. The van der Waals surface area contributed by atoms with Crippen molar-refractivity contribution < 1.29 is 67.2 Å². The van der Waals surface area contributed by atoms with Crippen molar-refractivity contribution in [2.75, 3.05) is 27.4 Å². The van der Waals surface area contributed by atoms with Gasteiger partial charge in [-0.1, -0.05) is 60.7 Å². The van der Waals surface area contributed by atoms with Crippen molar-refractivity contribution in [2.24, 2.45) is 0 Å². The second-order valence-corrected chi connectivity index (χ2v) is 12.2. The summed E-state index contributed by atoms with van der Waals surface area (Å²) in [6.07, 6.45) is -11.8. The van der Waals surface area contributed by atoms with E-state index in [0.29, 0.717) is 0 Å². The number of benzene rings is 3. The zero-order valence-corrected chi connectivity index (χ0v) is 27.2. The maximum atomic E-state index is 13.2. The van der Waals surface area contributed by atoms with Gasteiger partial charge in [0, 0.05) is 25.3 Å². The Morgan fingerprint density at radius 2 is 0.960 bits per heavy atom. The number of methoxy groups -OCH3 is 2. The monoisotopic (exact) mass is 694 g/mol. The molecule has 4 aliphatic rings. The van der Waals surface area contributed by atoms with Crippen LogP contribution in [0.3, 0.4) is 0 Å². The third-order valence-corrected chi connectivity index (χ3v) is 9.07. The molecule has 2 unspecified atom stereocenters. The van der Waals surface area contributed by atoms with Gasteiger partial charge in [-0.2, -0.15) is 0 Å². The Balaban J connectivity index is 0.986. The van der Waals surface area contributed by atoms with Crippen LogP contribution in [0.2, 0.25) is 0 Å². The number of carbonyl (C=O) groups is 2. The van der Waals surface area contributed by atoms with E-state index < -0.39 is 85.9 Å². The van der Waals surface area contributed by atoms with Gasteiger partial charge in [0.25, 0.3) is 0 Å². The van der Waals surface area contributed by atoms with Gasteiger partial charge >= 0.3 is 11.9 Å². The summed E-state index contributed by atoms with van der Waals surface area (Å²) in [4.78, 5) is 26.5. The summed E-state index contributed by atoms with van der Waals surface area (Å²) in [5.41, 5.74) is 1.70. The highest BCUT2D eigenvalue weighted by atomic mass is 16.8. The first-order valence-corrected chi connectivity index (χ1v) is 16.2. The van der Waals surface area contributed by atoms with Crippen molar-refractivity contribution in [1.82, 2.24) is 0 Å². The van der Waals surface area contributed by atoms with Crippen LogP contribution >= 0.6 is 0 Å². The molecule has 266 valence electrons. The second-order valence-electron chi connectivity index (χ2n) is 12.2. The van der Waals surface area contributed by atoms with Crippen molar-refractivity contribution in [3.05, 3.63) is 107 Å². The van der Waals surface area contributed by atoms with Crippen molar-refractivity contribution in [1.29, 1.82) is 0 Å². The van der Waals surface area contributed by atoms with Gasteiger partial charge in [0.05, 0.1) is 24.3 Å². The fourth-order valence-electron chi connectivity index (χ4n) is 6.45. The molecule has 4 heterocycles. The van der Waals surface area contributed by atoms with Gasteiger partial charge in [0.2, 0.25) is 0 Å². The molecule has 7 rings (SSSR count). The predicted octanol–water partition coefficient (Wildman–Crippen LogP) is 2.43. The molecule has 0 amide bonds. The van der Waals surface area contributed by atoms with Gasteiger partial charge in [0.1, 0.15) is 36.6 Å². The molecule has 3 aromatic rings. The summed E-state index contributed by atoms with van der Waals surface area (Å²) in [7, 11) is 2.74. The molecule has 0 spiro atoms. The Morgan fingerprint density at radius 3 is 1.32 bits per heavy atom. The minimum Gasteiger partial charge on any atom is -0.450 e. The van der Waals surface area contributed by atoms with Gasteiger partial charge in [-0.25, -0.2) is 9.59 Å². The Hall–Kier alpha value is -3.80. The molecule has 3 aromatic carbocycles. The van der Waals surface area contributed by atoms with Crippen LogP contribution in [0, 0.1) is 0 Å². The number of rotatable bonds is 8. The highest BCUT2D eigenvalue weighted by Gasteiger charge is 2.53. The lowest BCUT2D eigenvalue weighted by atomic mass is 9.97. The molecule has 4 fully saturated rings. The van der Waals surface area contributed by atoms with Crippen molar-refractivity contribution >= 4 is 11.9 Å². The minimum atomic E-state index is -1.30. The number of carbonyl (C=O) groups excluding carboxylic acids is 2. The first kappa shape index (κ1) is 34.6. The molecule has 4 aliphatic heterocycles. The zero-order chi connectivity index (χ0) is 34.8. The van der Waals surface area contributed by atoms with Crippen LogP contribution < -0.4 is 0 Å². The van der Waals surface area contributed by atoms with Crippen LogP contribution in [-0.4, -0.2) is 111 Å². The standard InChI is InChI=1S/C36H38O14/c1-41-35-29(25(37)27-23(45-35)17-43-33(49-27)21-9-5-3-6-10-21)47-31(39)19-13-15-20(16-14-19)32(40)48-30-26(38)28-24(46-36(30)42-2)18-44-34(50-28)22-11-7-4-8-12-22/h3-16,23-30,33-38H,17-18H2,1-2H3/t23-,24-,25+,26+,27-,28-,29-,30-,33?,34?,35+,36+/m1/s1. The fraction of sp³-hybridized carbons (Fsp3) is 0.444. The maximum absolute atomic E-state index is 13.2. The number of hydrogen-bond donors (Lipinski definition) is 2. The average molecular weight is 695 g/mol. The smallest absolute Gasteiger partial charge is 0.338 e. The average Bonchev–Trinajstić information content (AvgIpc) is 3.17. The quantitative estimate of drug-likeness (QED) is 0.330. The molecule has 0 radical (unpaired) electrons. The number of esters is 2. The van der Waals surface area contributed by atoms with E-state index in [1.165, 1.54) is 38.5 Å². The normalized spacial score (nSPS) is 35.3. The lowest BCUT2D eigenvalue weighted by Gasteiger charge is -2.46. The number of aliphatic hydroxyl groups is 2. The number of fused-ring (bicyclic) bond motifs is 2. The highest BCUT2D eigenvalue weighted by molar-refractivity contribution is 5.93. The van der Waals surface area contributed by atoms with Crippen LogP contribution in [-0.2, 0) is 47.4 Å². The van der Waals surface area contributed by atoms with Crippen LogP contribution in [0.4, 0.5) is 0 Å². The maximum Gasteiger partial charge on any atom is 0.338 e. The summed E-state index contributed by atoms with van der Waals surface area (Å²) >= 11 is 0. The van der Waals surface area contributed by atoms with Crippen molar-refractivity contribution in [3.63, 3.8) is 0 Å². The Kier molecular flexibility index (Phi) is 10.5. The van der Waals surface area contributed by atoms with Crippen LogP contribution in [0.25, 0.3) is 0 Å². The molecular formula is C36H38O14. The van der Waals surface area contributed by atoms with Crippen LogP contribution in [0.15, 0.2) is 84.9 Å². The summed E-state index contributed by atoms with van der Waals surface area (Å²) < 4.78 is 57.7. The van der Waals surface area contributed by atoms with E-state index in [9.17, 15) is 19.8 Å². The molecule has 50 heavy (non-hydrogen) atoms. The third kappa shape index (κ3) is 7.05. The SMILES string of the molecule is CO[C@H]1O[C@@H]2COC(c3ccccc3)O[C@H]2[C@H](O)[C@H]1OC(=O)c1ccc(C(=O)O[C@H]2[C@@H](OC)O[C@@H]3COC(c4ccccc4)O[C@H]3[C@@H]2O)cc1. The second kappa shape index (κ2) is 15.2. The number of aliphatic hydroxyl groups excluding tert-OH is 2. The summed E-state index contributed by atoms with van der Waals surface area (Å²) in [6, 6.07) is 24.0. The number of ether oxygens (including phenoxy) is 10. The fourth-order valence-corrected chi connectivity index (χ4v) is 6.45. The minimum absolute atomic E-state index is 0.0852. The zero-order valence-electron chi connectivity index (χ0n) is 27.2. The Labute approximate surface area is 287 Å². The lowest BCUT2D eigenvalue weighted by molar-refractivity contribution is -0.357. The van der Waals surface area contributed by atoms with Gasteiger partial charge in [-0.3, -0.25) is 0 Å². The largest absolute Gasteiger partial charge is 0.450 e. The topological polar surface area (TPSA) is 167 Å². The van der Waals surface area contributed by atoms with E-state index in [1.807, 2.05) is 60.7 Å². The molecule has 0 aliphatic carbocycles. The molecule has 12 atom stereocenters. The summed E-state index contributed by atoms with van der Waals surface area (Å²) in [6.45, 7) is 0.261. The molecular weight excluding hydrogens is 656 g/mol. The highest BCUT2D eigenvalue weighted by Crippen LogP contribution is 2.37. The van der Waals surface area contributed by atoms with Crippen LogP contribution in [0.1, 0.15) is 44.4 Å². The van der Waals surface area contributed by atoms with Gasteiger partial charge < -0.3 is 57.6 Å². The van der Waals surface area contributed by atoms with Gasteiger partial charge in [0.15, 0.2) is 37.4 Å². The summed E-state index contributed by atoms with van der Waals surface area (Å²) in [5.74, 6) is -1.59. The molecule has 0 aromatic heterocycles. The molecule has 0 bridgehead atoms. The first-order valence-electron chi connectivity index (χ1n) is 16.2. The Morgan fingerprint density at radius 1 is 0.580 bits per heavy atom. The first-order chi connectivity index (χ1) is 24.3. The van der Waals surface area contributed by atoms with Gasteiger partial charge in [-0.05, 0) is 24.3 Å². The number of hydrogen-bond acceptors (Lipinski definition) is 14. The van der Waals surface area contributed by atoms with Crippen LogP contribution in [0.5, 0.6) is 0 Å². The van der Waals surface area contributed by atoms with Crippen molar-refractivity contribution in [2.45, 2.75) is 74.0 Å². The Bertz CT molecular complexity index is 1470. The lowest BCUT2D eigenvalue weighted by Crippen LogP contribution is -2.63. The van der Waals surface area contributed by atoms with E-state index in [0.717, 1.165) is 11.1 Å². The van der Waals surface area contributed by atoms with E-state index in [1.54, 1.807) is 0 Å². The van der Waals surface area contributed by atoms with E-state index in [4.69, 9.17) is 47.4 Å². The van der Waals surface area contributed by atoms with E-state index in [-0.39, 0.29) is 24.3 Å². The van der Waals surface area contributed by atoms with E-state index >= 15 is 0 Å². The van der Waals surface area contributed by atoms with Gasteiger partial charge in [-0.15, -0.1) is 0 Å². The van der Waals surface area contributed by atoms with E-state index in [2.05, 4.69) is 0 Å². The molecule has 2 N–H and O–H groups in total. The molecule has 0 saturated carbocycles.